The fraction of sp³-hybridized carbons (Fsp3) is 0. The highest BCUT2D eigenvalue weighted by molar-refractivity contribution is 5.90. The van der Waals surface area contributed by atoms with Crippen LogP contribution in [0.3, 0.4) is 0 Å². The van der Waals surface area contributed by atoms with Crippen molar-refractivity contribution in [3.05, 3.63) is 224 Å². The third-order valence-electron chi connectivity index (χ3n) is 10.0. The second-order valence-corrected chi connectivity index (χ2v) is 13.4. The molecule has 1 heteroatoms. The molecule has 0 bridgehead atoms. The summed E-state index contributed by atoms with van der Waals surface area (Å²) in [5.74, 6) is 0. The highest BCUT2D eigenvalue weighted by atomic mass is 15.1. The molecular weight excluding hydrogens is 639 g/mol. The van der Waals surface area contributed by atoms with Gasteiger partial charge in [0.1, 0.15) is 0 Å². The normalized spacial score (nSPS) is 11.0. The molecule has 0 saturated heterocycles. The molecule has 0 fully saturated rings. The molecule has 9 aromatic carbocycles. The van der Waals surface area contributed by atoms with Gasteiger partial charge in [-0.25, -0.2) is 0 Å². The maximum absolute atomic E-state index is 2.40. The highest BCUT2D eigenvalue weighted by Crippen LogP contribution is 2.41. The van der Waals surface area contributed by atoms with Crippen molar-refractivity contribution >= 4 is 27.8 Å². The lowest BCUT2D eigenvalue weighted by Crippen LogP contribution is -2.10. The SMILES string of the molecule is c1ccc(-c2cccc(-c3ccc(N(c4cccc(-c5ccc6ccccc6c5)c4)c4cc(-c5ccccc5)cc(-c5ccccc5)c4)cc3)c2)cc1. The van der Waals surface area contributed by atoms with Crippen LogP contribution in [0.15, 0.2) is 224 Å². The first kappa shape index (κ1) is 32.0. The number of nitrogens with zero attached hydrogens (tertiary/aromatic N) is 1. The van der Waals surface area contributed by atoms with Gasteiger partial charge in [-0.05, 0) is 121 Å². The van der Waals surface area contributed by atoms with Crippen molar-refractivity contribution < 1.29 is 0 Å². The second kappa shape index (κ2) is 14.3. The van der Waals surface area contributed by atoms with Crippen LogP contribution in [-0.2, 0) is 0 Å². The van der Waals surface area contributed by atoms with Crippen LogP contribution in [0.4, 0.5) is 17.1 Å². The molecule has 0 radical (unpaired) electrons. The fourth-order valence-electron chi connectivity index (χ4n) is 7.29. The molecule has 0 atom stereocenters. The zero-order chi connectivity index (χ0) is 35.4. The summed E-state index contributed by atoms with van der Waals surface area (Å²) >= 11 is 0. The Labute approximate surface area is 311 Å². The van der Waals surface area contributed by atoms with E-state index in [0.717, 1.165) is 17.1 Å². The average Bonchev–Trinajstić information content (AvgIpc) is 3.25. The lowest BCUT2D eigenvalue weighted by Gasteiger charge is -2.27. The van der Waals surface area contributed by atoms with Crippen molar-refractivity contribution in [3.63, 3.8) is 0 Å². The number of hydrogen-bond acceptors (Lipinski definition) is 1. The van der Waals surface area contributed by atoms with Gasteiger partial charge in [0, 0.05) is 17.1 Å². The average molecular weight is 676 g/mol. The van der Waals surface area contributed by atoms with Gasteiger partial charge < -0.3 is 4.90 Å². The van der Waals surface area contributed by atoms with E-state index in [1.54, 1.807) is 0 Å². The summed E-state index contributed by atoms with van der Waals surface area (Å²) < 4.78 is 0. The second-order valence-electron chi connectivity index (χ2n) is 13.4. The number of anilines is 3. The molecule has 0 N–H and O–H groups in total. The molecule has 0 amide bonds. The molecule has 0 aliphatic carbocycles. The van der Waals surface area contributed by atoms with Gasteiger partial charge in [-0.1, -0.05) is 170 Å². The Hall–Kier alpha value is -6.96. The van der Waals surface area contributed by atoms with Gasteiger partial charge in [0.25, 0.3) is 0 Å². The summed E-state index contributed by atoms with van der Waals surface area (Å²) in [5, 5.41) is 2.48. The first-order chi connectivity index (χ1) is 26.2. The number of hydrogen-bond donors (Lipinski definition) is 0. The van der Waals surface area contributed by atoms with E-state index in [-0.39, 0.29) is 0 Å². The summed E-state index contributed by atoms with van der Waals surface area (Å²) in [6.45, 7) is 0. The first-order valence-corrected chi connectivity index (χ1v) is 18.2. The fourth-order valence-corrected chi connectivity index (χ4v) is 7.29. The lowest BCUT2D eigenvalue weighted by atomic mass is 9.96. The Morgan fingerprint density at radius 1 is 0.189 bits per heavy atom. The van der Waals surface area contributed by atoms with Crippen LogP contribution in [0.2, 0.25) is 0 Å². The molecule has 0 spiro atoms. The van der Waals surface area contributed by atoms with Crippen molar-refractivity contribution in [1.82, 2.24) is 0 Å². The minimum Gasteiger partial charge on any atom is -0.310 e. The standard InChI is InChI=1S/C52H37N/c1-4-14-38(15-5-1)44-22-12-23-45(32-44)42-28-30-50(31-29-42)53(51-25-13-24-46(35-51)47-27-26-41-20-10-11-21-43(41)33-47)52-36-48(39-16-6-2-7-17-39)34-49(37-52)40-18-8-3-9-19-40/h1-37H. The highest BCUT2D eigenvalue weighted by Gasteiger charge is 2.17. The lowest BCUT2D eigenvalue weighted by molar-refractivity contribution is 1.28. The van der Waals surface area contributed by atoms with E-state index >= 15 is 0 Å². The van der Waals surface area contributed by atoms with E-state index < -0.39 is 0 Å². The molecule has 250 valence electrons. The summed E-state index contributed by atoms with van der Waals surface area (Å²) in [6, 6.07) is 80.9. The van der Waals surface area contributed by atoms with E-state index in [1.165, 1.54) is 66.4 Å². The maximum Gasteiger partial charge on any atom is 0.0473 e. The van der Waals surface area contributed by atoms with Crippen LogP contribution >= 0.6 is 0 Å². The number of rotatable bonds is 8. The molecule has 53 heavy (non-hydrogen) atoms. The van der Waals surface area contributed by atoms with E-state index in [4.69, 9.17) is 0 Å². The van der Waals surface area contributed by atoms with Gasteiger partial charge in [0.2, 0.25) is 0 Å². The third kappa shape index (κ3) is 6.77. The van der Waals surface area contributed by atoms with Gasteiger partial charge in [0.15, 0.2) is 0 Å². The minimum absolute atomic E-state index is 1.09. The topological polar surface area (TPSA) is 3.24 Å². The predicted molar refractivity (Wildman–Crippen MR) is 226 cm³/mol. The molecule has 0 aromatic heterocycles. The molecule has 9 rings (SSSR count). The van der Waals surface area contributed by atoms with Crippen LogP contribution in [0.25, 0.3) is 66.4 Å². The van der Waals surface area contributed by atoms with Crippen molar-refractivity contribution in [3.8, 4) is 55.6 Å². The Balaban J connectivity index is 1.19. The molecule has 0 unspecified atom stereocenters. The van der Waals surface area contributed by atoms with Crippen molar-refractivity contribution in [2.45, 2.75) is 0 Å². The van der Waals surface area contributed by atoms with Crippen LogP contribution < -0.4 is 4.90 Å². The molecule has 0 aliphatic heterocycles. The summed E-state index contributed by atoms with van der Waals surface area (Å²) in [6.07, 6.45) is 0. The monoisotopic (exact) mass is 675 g/mol. The zero-order valence-corrected chi connectivity index (χ0v) is 29.3. The molecule has 0 aliphatic rings. The Morgan fingerprint density at radius 2 is 0.585 bits per heavy atom. The number of benzene rings is 9. The molecule has 1 nitrogen and oxygen atoms in total. The van der Waals surface area contributed by atoms with Gasteiger partial charge in [0.05, 0.1) is 0 Å². The molecule has 0 saturated carbocycles. The minimum atomic E-state index is 1.09. The zero-order valence-electron chi connectivity index (χ0n) is 29.3. The summed E-state index contributed by atoms with van der Waals surface area (Å²) in [7, 11) is 0. The van der Waals surface area contributed by atoms with E-state index in [9.17, 15) is 0 Å². The predicted octanol–water partition coefficient (Wildman–Crippen LogP) is 14.6. The van der Waals surface area contributed by atoms with E-state index in [2.05, 4.69) is 229 Å². The van der Waals surface area contributed by atoms with Crippen LogP contribution in [0.1, 0.15) is 0 Å². The van der Waals surface area contributed by atoms with Gasteiger partial charge >= 0.3 is 0 Å². The largest absolute Gasteiger partial charge is 0.310 e. The van der Waals surface area contributed by atoms with Crippen molar-refractivity contribution in [1.29, 1.82) is 0 Å². The summed E-state index contributed by atoms with van der Waals surface area (Å²) in [5.41, 5.74) is 15.2. The van der Waals surface area contributed by atoms with E-state index in [0.29, 0.717) is 0 Å². The first-order valence-electron chi connectivity index (χ1n) is 18.2. The van der Waals surface area contributed by atoms with Crippen LogP contribution in [0, 0.1) is 0 Å². The van der Waals surface area contributed by atoms with Crippen LogP contribution in [0.5, 0.6) is 0 Å². The van der Waals surface area contributed by atoms with Crippen molar-refractivity contribution in [2.75, 3.05) is 4.90 Å². The Kier molecular flexibility index (Phi) is 8.66. The third-order valence-corrected chi connectivity index (χ3v) is 10.0. The van der Waals surface area contributed by atoms with Crippen molar-refractivity contribution in [2.24, 2.45) is 0 Å². The number of fused-ring (bicyclic) bond motifs is 1. The maximum atomic E-state index is 2.40. The summed E-state index contributed by atoms with van der Waals surface area (Å²) in [4.78, 5) is 2.40. The van der Waals surface area contributed by atoms with Gasteiger partial charge in [-0.3, -0.25) is 0 Å². The van der Waals surface area contributed by atoms with E-state index in [1.807, 2.05) is 0 Å². The van der Waals surface area contributed by atoms with Gasteiger partial charge in [-0.15, -0.1) is 0 Å². The molecule has 0 heterocycles. The smallest absolute Gasteiger partial charge is 0.0473 e. The van der Waals surface area contributed by atoms with Crippen LogP contribution in [-0.4, -0.2) is 0 Å². The Bertz CT molecular complexity index is 2590. The van der Waals surface area contributed by atoms with Gasteiger partial charge in [-0.2, -0.15) is 0 Å². The Morgan fingerprint density at radius 3 is 1.19 bits per heavy atom. The molecular formula is C52H37N. The quantitative estimate of drug-likeness (QED) is 0.155. The molecule has 9 aromatic rings.